The molecule has 2 rings (SSSR count). The molecular weight excluding hydrogens is 544 g/mol. The van der Waals surface area contributed by atoms with Crippen molar-refractivity contribution in [2.24, 2.45) is 10.8 Å². The van der Waals surface area contributed by atoms with Gasteiger partial charge in [0.15, 0.2) is 5.78 Å². The number of aliphatic hydroxyl groups is 3. The molecule has 44 heavy (non-hydrogen) atoms. The van der Waals surface area contributed by atoms with E-state index in [2.05, 4.69) is 58.6 Å². The Morgan fingerprint density at radius 3 is 1.86 bits per heavy atom. The molecule has 4 heteroatoms. The van der Waals surface area contributed by atoms with Crippen LogP contribution in [0.5, 0.6) is 0 Å². The van der Waals surface area contributed by atoms with Crippen LogP contribution in [0.4, 0.5) is 0 Å². The van der Waals surface area contributed by atoms with E-state index < -0.39 is 18.3 Å². The number of carbonyl (C=O) groups excluding carboxylic acids is 1. The van der Waals surface area contributed by atoms with E-state index >= 15 is 0 Å². The van der Waals surface area contributed by atoms with Crippen LogP contribution in [0.15, 0.2) is 117 Å². The van der Waals surface area contributed by atoms with Gasteiger partial charge in [0.2, 0.25) is 0 Å². The number of rotatable bonds is 8. The van der Waals surface area contributed by atoms with Gasteiger partial charge in [0, 0.05) is 11.0 Å². The molecule has 3 N–H and O–H groups in total. The SMILES string of the molecule is CC1=C(/C=C/C(C)=C/C=C/C(C)=C/C=C/C=C(C)/C=C/C=C(\C)C#CC2=C(C)C(O)C(O)CC2(C)C)C(C)(C)CC(O)C1=O. The van der Waals surface area contributed by atoms with Crippen molar-refractivity contribution < 1.29 is 20.1 Å². The Labute approximate surface area is 266 Å². The van der Waals surface area contributed by atoms with Gasteiger partial charge < -0.3 is 15.3 Å². The number of hydrogen-bond donors (Lipinski definition) is 3. The fourth-order valence-corrected chi connectivity index (χ4v) is 5.60. The Hall–Kier alpha value is -3.49. The lowest BCUT2D eigenvalue weighted by Crippen LogP contribution is -2.39. The lowest BCUT2D eigenvalue weighted by Gasteiger charge is -2.37. The topological polar surface area (TPSA) is 77.8 Å². The Morgan fingerprint density at radius 1 is 0.750 bits per heavy atom. The molecule has 2 aliphatic rings. The molecule has 0 amide bonds. The maximum absolute atomic E-state index is 12.2. The van der Waals surface area contributed by atoms with Crippen molar-refractivity contribution in [3.8, 4) is 11.8 Å². The largest absolute Gasteiger partial charge is 0.390 e. The third-order valence-electron chi connectivity index (χ3n) is 8.26. The lowest BCUT2D eigenvalue weighted by molar-refractivity contribution is -0.125. The Morgan fingerprint density at radius 2 is 1.27 bits per heavy atom. The van der Waals surface area contributed by atoms with Crippen LogP contribution in [0.2, 0.25) is 0 Å². The van der Waals surface area contributed by atoms with Crippen molar-refractivity contribution in [3.63, 3.8) is 0 Å². The standard InChI is InChI=1S/C40H52O4/c1-27(17-13-19-29(3)21-23-33-31(5)37(43)35(41)25-39(33,7)8)15-11-12-16-28(2)18-14-20-30(4)22-24-34-32(6)38(44)36(42)26-40(34,9)10/h11-21,23,35-36,38,41-42,44H,25-26H2,1-10H3/b12-11+,17-13+,18-14+,23-21+,27-15+,28-16+,29-19+,30-20+. The maximum atomic E-state index is 12.2. The second kappa shape index (κ2) is 16.0. The summed E-state index contributed by atoms with van der Waals surface area (Å²) in [6, 6.07) is 0. The highest BCUT2D eigenvalue weighted by atomic mass is 16.3. The molecule has 236 valence electrons. The van der Waals surface area contributed by atoms with E-state index in [0.717, 1.165) is 39.0 Å². The van der Waals surface area contributed by atoms with E-state index in [1.165, 1.54) is 0 Å². The van der Waals surface area contributed by atoms with Crippen LogP contribution < -0.4 is 0 Å². The fraction of sp³-hybridized carbons (Fsp3) is 0.425. The van der Waals surface area contributed by atoms with Crippen molar-refractivity contribution in [2.45, 2.75) is 100 Å². The average Bonchev–Trinajstić information content (AvgIpc) is 2.92. The molecule has 0 aliphatic heterocycles. The van der Waals surface area contributed by atoms with Gasteiger partial charge in [0.05, 0.1) is 6.10 Å². The molecule has 0 aromatic rings. The molecule has 4 nitrogen and oxygen atoms in total. The molecule has 3 unspecified atom stereocenters. The molecule has 0 fully saturated rings. The van der Waals surface area contributed by atoms with Crippen LogP contribution in [0, 0.1) is 22.7 Å². The smallest absolute Gasteiger partial charge is 0.187 e. The molecule has 2 aliphatic carbocycles. The molecule has 0 heterocycles. The van der Waals surface area contributed by atoms with E-state index in [0.29, 0.717) is 18.4 Å². The van der Waals surface area contributed by atoms with Gasteiger partial charge in [-0.15, -0.1) is 0 Å². The predicted molar refractivity (Wildman–Crippen MR) is 185 cm³/mol. The van der Waals surface area contributed by atoms with Gasteiger partial charge in [-0.3, -0.25) is 4.79 Å². The number of carbonyl (C=O) groups is 1. The number of Topliss-reactive ketones (excluding diaryl/α,β-unsaturated/α-hetero) is 1. The van der Waals surface area contributed by atoms with Gasteiger partial charge in [0.1, 0.15) is 12.2 Å². The third kappa shape index (κ3) is 10.6. The molecular formula is C40H52O4. The molecule has 3 atom stereocenters. The second-order valence-corrected chi connectivity index (χ2v) is 13.4. The summed E-state index contributed by atoms with van der Waals surface area (Å²) in [6.45, 7) is 20.0. The molecule has 0 spiro atoms. The minimum absolute atomic E-state index is 0.175. The quantitative estimate of drug-likeness (QED) is 0.195. The van der Waals surface area contributed by atoms with Crippen LogP contribution in [0.25, 0.3) is 0 Å². The van der Waals surface area contributed by atoms with Crippen molar-refractivity contribution >= 4 is 5.78 Å². The van der Waals surface area contributed by atoms with Gasteiger partial charge in [-0.05, 0) is 82.1 Å². The summed E-state index contributed by atoms with van der Waals surface area (Å²) in [5, 5.41) is 30.4. The maximum Gasteiger partial charge on any atom is 0.187 e. The zero-order chi connectivity index (χ0) is 33.2. The van der Waals surface area contributed by atoms with E-state index in [4.69, 9.17) is 0 Å². The van der Waals surface area contributed by atoms with Crippen LogP contribution in [0.1, 0.15) is 82.1 Å². The number of aliphatic hydroxyl groups excluding tert-OH is 3. The van der Waals surface area contributed by atoms with Crippen LogP contribution in [-0.2, 0) is 4.79 Å². The van der Waals surface area contributed by atoms with Gasteiger partial charge in [-0.1, -0.05) is 129 Å². The van der Waals surface area contributed by atoms with Gasteiger partial charge in [-0.2, -0.15) is 0 Å². The van der Waals surface area contributed by atoms with E-state index in [1.807, 2.05) is 88.5 Å². The van der Waals surface area contributed by atoms with E-state index in [1.54, 1.807) is 6.92 Å². The first kappa shape index (κ1) is 36.7. The van der Waals surface area contributed by atoms with Gasteiger partial charge in [0.25, 0.3) is 0 Å². The summed E-state index contributed by atoms with van der Waals surface area (Å²) in [7, 11) is 0. The summed E-state index contributed by atoms with van der Waals surface area (Å²) >= 11 is 0. The third-order valence-corrected chi connectivity index (χ3v) is 8.26. The highest BCUT2D eigenvalue weighted by Gasteiger charge is 2.38. The van der Waals surface area contributed by atoms with Crippen LogP contribution >= 0.6 is 0 Å². The Bertz CT molecular complexity index is 1460. The Balaban J connectivity index is 1.96. The number of ketones is 1. The van der Waals surface area contributed by atoms with Crippen LogP contribution in [0.3, 0.4) is 0 Å². The number of hydrogen-bond acceptors (Lipinski definition) is 4. The summed E-state index contributed by atoms with van der Waals surface area (Å²) in [6.07, 6.45) is 22.7. The van der Waals surface area contributed by atoms with Crippen molar-refractivity contribution in [2.75, 3.05) is 0 Å². The van der Waals surface area contributed by atoms with Gasteiger partial charge >= 0.3 is 0 Å². The minimum Gasteiger partial charge on any atom is -0.390 e. The monoisotopic (exact) mass is 596 g/mol. The highest BCUT2D eigenvalue weighted by molar-refractivity contribution is 6.00. The zero-order valence-corrected chi connectivity index (χ0v) is 28.3. The molecule has 0 aromatic heterocycles. The molecule has 0 radical (unpaired) electrons. The molecule has 0 saturated carbocycles. The lowest BCUT2D eigenvalue weighted by atomic mass is 9.71. The number of allylic oxidation sites excluding steroid dienone is 18. The Kier molecular flexibility index (Phi) is 13.3. The molecule has 0 aromatic carbocycles. The highest BCUT2D eigenvalue weighted by Crippen LogP contribution is 2.41. The first-order valence-electron chi connectivity index (χ1n) is 15.4. The van der Waals surface area contributed by atoms with Crippen molar-refractivity contribution in [1.29, 1.82) is 0 Å². The van der Waals surface area contributed by atoms with E-state index in [9.17, 15) is 20.1 Å². The summed E-state index contributed by atoms with van der Waals surface area (Å²) < 4.78 is 0. The molecule has 0 saturated heterocycles. The molecule has 0 bridgehead atoms. The fourth-order valence-electron chi connectivity index (χ4n) is 5.60. The van der Waals surface area contributed by atoms with E-state index in [-0.39, 0.29) is 16.6 Å². The van der Waals surface area contributed by atoms with Crippen molar-refractivity contribution in [1.82, 2.24) is 0 Å². The normalized spacial score (nSPS) is 25.7. The van der Waals surface area contributed by atoms with Crippen molar-refractivity contribution in [3.05, 3.63) is 117 Å². The first-order valence-corrected chi connectivity index (χ1v) is 15.4. The van der Waals surface area contributed by atoms with Gasteiger partial charge in [-0.25, -0.2) is 0 Å². The average molecular weight is 597 g/mol. The second-order valence-electron chi connectivity index (χ2n) is 13.4. The summed E-state index contributed by atoms with van der Waals surface area (Å²) in [5.41, 5.74) is 6.99. The summed E-state index contributed by atoms with van der Waals surface area (Å²) in [4.78, 5) is 12.2. The first-order chi connectivity index (χ1) is 20.5. The predicted octanol–water partition coefficient (Wildman–Crippen LogP) is 8.14. The van der Waals surface area contributed by atoms with Crippen LogP contribution in [-0.4, -0.2) is 39.4 Å². The zero-order valence-electron chi connectivity index (χ0n) is 28.3. The summed E-state index contributed by atoms with van der Waals surface area (Å²) in [5.74, 6) is 6.26. The minimum atomic E-state index is -0.907.